The van der Waals surface area contributed by atoms with Gasteiger partial charge in [-0.05, 0) is 25.0 Å². The predicted molar refractivity (Wildman–Crippen MR) is 57.5 cm³/mol. The number of amides is 2. The zero-order valence-electron chi connectivity index (χ0n) is 9.00. The average molecular weight is 242 g/mol. The van der Waals surface area contributed by atoms with Crippen LogP contribution in [0.3, 0.4) is 0 Å². The van der Waals surface area contributed by atoms with Crippen LogP contribution < -0.4 is 10.6 Å². The van der Waals surface area contributed by atoms with Gasteiger partial charge in [0.25, 0.3) is 0 Å². The van der Waals surface area contributed by atoms with Crippen molar-refractivity contribution in [2.45, 2.75) is 19.1 Å². The molecule has 1 aromatic rings. The number of ether oxygens (including phenoxy) is 1. The summed E-state index contributed by atoms with van der Waals surface area (Å²) in [5, 5.41) is 4.83. The van der Waals surface area contributed by atoms with Crippen molar-refractivity contribution in [2.75, 3.05) is 11.9 Å². The monoisotopic (exact) mass is 242 g/mol. The molecule has 2 amide bonds. The Morgan fingerprint density at radius 2 is 2.24 bits per heavy atom. The number of halogens is 2. The molecule has 1 aliphatic heterocycles. The molecule has 1 unspecified atom stereocenters. The Hall–Kier alpha value is -1.69. The minimum absolute atomic E-state index is 0.0677. The number of hydrogen-bond donors (Lipinski definition) is 2. The molecule has 0 bridgehead atoms. The van der Waals surface area contributed by atoms with Gasteiger partial charge in [0, 0.05) is 12.7 Å². The predicted octanol–water partition coefficient (Wildman–Crippen LogP) is 2.22. The Labute approximate surface area is 97.0 Å². The molecule has 6 heteroatoms. The smallest absolute Gasteiger partial charge is 0.321 e. The van der Waals surface area contributed by atoms with Crippen molar-refractivity contribution in [1.82, 2.24) is 5.32 Å². The van der Waals surface area contributed by atoms with Gasteiger partial charge in [0.15, 0.2) is 0 Å². The summed E-state index contributed by atoms with van der Waals surface area (Å²) in [6.45, 7) is 0.607. The summed E-state index contributed by atoms with van der Waals surface area (Å²) >= 11 is 0. The van der Waals surface area contributed by atoms with Gasteiger partial charge < -0.3 is 15.4 Å². The number of rotatable bonds is 2. The summed E-state index contributed by atoms with van der Waals surface area (Å²) in [6.07, 6.45) is 1.29. The fraction of sp³-hybridized carbons (Fsp3) is 0.364. The average Bonchev–Trinajstić information content (AvgIpc) is 2.75. The Balaban J connectivity index is 1.93. The third-order valence-corrected chi connectivity index (χ3v) is 2.40. The molecule has 0 aliphatic carbocycles. The van der Waals surface area contributed by atoms with Crippen molar-refractivity contribution >= 4 is 11.7 Å². The lowest BCUT2D eigenvalue weighted by atomic mass is 10.3. The first kappa shape index (κ1) is 11.8. The molecule has 1 atom stereocenters. The molecule has 1 aromatic carbocycles. The largest absolute Gasteiger partial charge is 0.358 e. The van der Waals surface area contributed by atoms with E-state index in [1.54, 1.807) is 0 Å². The van der Waals surface area contributed by atoms with Gasteiger partial charge in [-0.25, -0.2) is 13.6 Å². The van der Waals surface area contributed by atoms with E-state index in [2.05, 4.69) is 10.6 Å². The van der Waals surface area contributed by atoms with Crippen molar-refractivity contribution in [3.63, 3.8) is 0 Å². The molecule has 1 fully saturated rings. The first-order valence-corrected chi connectivity index (χ1v) is 5.29. The van der Waals surface area contributed by atoms with E-state index in [1.807, 2.05) is 0 Å². The van der Waals surface area contributed by atoms with Crippen molar-refractivity contribution in [3.05, 3.63) is 29.8 Å². The maximum atomic E-state index is 13.2. The highest BCUT2D eigenvalue weighted by Crippen LogP contribution is 2.15. The molecule has 0 saturated carbocycles. The summed E-state index contributed by atoms with van der Waals surface area (Å²) in [6, 6.07) is 2.38. The van der Waals surface area contributed by atoms with Crippen LogP contribution in [0.25, 0.3) is 0 Å². The van der Waals surface area contributed by atoms with E-state index in [1.165, 1.54) is 6.07 Å². The van der Waals surface area contributed by atoms with Crippen molar-refractivity contribution in [2.24, 2.45) is 0 Å². The lowest BCUT2D eigenvalue weighted by Gasteiger charge is -2.13. The van der Waals surface area contributed by atoms with Gasteiger partial charge in [0.2, 0.25) is 0 Å². The van der Waals surface area contributed by atoms with Gasteiger partial charge in [-0.3, -0.25) is 0 Å². The van der Waals surface area contributed by atoms with Crippen LogP contribution in [-0.2, 0) is 4.74 Å². The first-order chi connectivity index (χ1) is 8.15. The van der Waals surface area contributed by atoms with Crippen LogP contribution in [0.15, 0.2) is 18.2 Å². The summed E-state index contributed by atoms with van der Waals surface area (Å²) < 4.78 is 31.0. The summed E-state index contributed by atoms with van der Waals surface area (Å²) in [4.78, 5) is 11.4. The van der Waals surface area contributed by atoms with Gasteiger partial charge in [0.05, 0.1) is 5.69 Å². The number of nitrogens with one attached hydrogen (secondary N) is 2. The van der Waals surface area contributed by atoms with E-state index < -0.39 is 17.7 Å². The zero-order chi connectivity index (χ0) is 12.3. The van der Waals surface area contributed by atoms with Gasteiger partial charge in [0.1, 0.15) is 17.9 Å². The molecule has 0 aromatic heterocycles. The number of benzene rings is 1. The van der Waals surface area contributed by atoms with Crippen molar-refractivity contribution in [3.8, 4) is 0 Å². The first-order valence-electron chi connectivity index (χ1n) is 5.29. The summed E-state index contributed by atoms with van der Waals surface area (Å²) in [7, 11) is 0. The molecule has 17 heavy (non-hydrogen) atoms. The molecule has 2 rings (SSSR count). The molecular formula is C11H12F2N2O2. The van der Waals surface area contributed by atoms with Crippen LogP contribution in [0.4, 0.5) is 19.3 Å². The topological polar surface area (TPSA) is 50.4 Å². The van der Waals surface area contributed by atoms with Gasteiger partial charge in [-0.1, -0.05) is 0 Å². The van der Waals surface area contributed by atoms with E-state index >= 15 is 0 Å². The van der Waals surface area contributed by atoms with Crippen LogP contribution >= 0.6 is 0 Å². The highest BCUT2D eigenvalue weighted by atomic mass is 19.1. The lowest BCUT2D eigenvalue weighted by Crippen LogP contribution is -2.37. The third kappa shape index (κ3) is 3.13. The van der Waals surface area contributed by atoms with Crippen LogP contribution in [0.2, 0.25) is 0 Å². The van der Waals surface area contributed by atoms with E-state index in [4.69, 9.17) is 4.74 Å². The van der Waals surface area contributed by atoms with Gasteiger partial charge in [-0.15, -0.1) is 0 Å². The highest BCUT2D eigenvalue weighted by molar-refractivity contribution is 5.89. The second-order valence-corrected chi connectivity index (χ2v) is 3.72. The molecule has 1 heterocycles. The molecule has 92 valence electrons. The van der Waals surface area contributed by atoms with Crippen LogP contribution in [0, 0.1) is 11.6 Å². The van der Waals surface area contributed by atoms with E-state index in [9.17, 15) is 13.6 Å². The number of carbonyl (C=O) groups is 1. The van der Waals surface area contributed by atoms with Crippen LogP contribution in [0.5, 0.6) is 0 Å². The molecule has 1 aliphatic rings. The van der Waals surface area contributed by atoms with Crippen LogP contribution in [-0.4, -0.2) is 18.9 Å². The van der Waals surface area contributed by atoms with E-state index in [0.717, 1.165) is 18.9 Å². The maximum Gasteiger partial charge on any atom is 0.321 e. The minimum atomic E-state index is -0.813. The molecule has 4 nitrogen and oxygen atoms in total. The Morgan fingerprint density at radius 1 is 1.41 bits per heavy atom. The van der Waals surface area contributed by atoms with Gasteiger partial charge >= 0.3 is 6.03 Å². The Morgan fingerprint density at radius 3 is 2.88 bits per heavy atom. The fourth-order valence-corrected chi connectivity index (χ4v) is 1.59. The highest BCUT2D eigenvalue weighted by Gasteiger charge is 2.18. The normalized spacial score (nSPS) is 19.1. The number of urea groups is 1. The lowest BCUT2D eigenvalue weighted by molar-refractivity contribution is 0.0928. The fourth-order valence-electron chi connectivity index (χ4n) is 1.59. The van der Waals surface area contributed by atoms with Gasteiger partial charge in [-0.2, -0.15) is 0 Å². The summed E-state index contributed by atoms with van der Waals surface area (Å²) in [5.74, 6) is -1.50. The minimum Gasteiger partial charge on any atom is -0.358 e. The standard InChI is InChI=1S/C11H12F2N2O2/c12-7-3-4-9(8(13)6-7)14-11(16)15-10-2-1-5-17-10/h3-4,6,10H,1-2,5H2,(H2,14,15,16). The van der Waals surface area contributed by atoms with Crippen molar-refractivity contribution in [1.29, 1.82) is 0 Å². The second-order valence-electron chi connectivity index (χ2n) is 3.72. The maximum absolute atomic E-state index is 13.2. The number of hydrogen-bond acceptors (Lipinski definition) is 2. The quantitative estimate of drug-likeness (QED) is 0.835. The van der Waals surface area contributed by atoms with E-state index in [0.29, 0.717) is 12.7 Å². The molecular weight excluding hydrogens is 230 g/mol. The SMILES string of the molecule is O=C(Nc1ccc(F)cc1F)NC1CCCO1. The number of carbonyl (C=O) groups excluding carboxylic acids is 1. The molecule has 1 saturated heterocycles. The summed E-state index contributed by atoms with van der Waals surface area (Å²) in [5.41, 5.74) is -0.0677. The Kier molecular flexibility index (Phi) is 3.53. The van der Waals surface area contributed by atoms with Crippen molar-refractivity contribution < 1.29 is 18.3 Å². The molecule has 0 spiro atoms. The van der Waals surface area contributed by atoms with Crippen LogP contribution in [0.1, 0.15) is 12.8 Å². The van der Waals surface area contributed by atoms with E-state index in [-0.39, 0.29) is 11.9 Å². The Bertz CT molecular complexity index is 420. The third-order valence-electron chi connectivity index (χ3n) is 2.40. The molecule has 0 radical (unpaired) electrons. The molecule has 2 N–H and O–H groups in total. The number of anilines is 1. The zero-order valence-corrected chi connectivity index (χ0v) is 9.00. The second kappa shape index (κ2) is 5.09.